The molecular formula is C14H32B2N3O4P. The number of hydrogen-bond acceptors (Lipinski definition) is 5. The van der Waals surface area contributed by atoms with Gasteiger partial charge in [0.1, 0.15) is 15.7 Å². The van der Waals surface area contributed by atoms with Gasteiger partial charge in [0.15, 0.2) is 0 Å². The van der Waals surface area contributed by atoms with Gasteiger partial charge in [0.2, 0.25) is 0 Å². The summed E-state index contributed by atoms with van der Waals surface area (Å²) in [7, 11) is 6.72. The smallest absolute Gasteiger partial charge is 0.345 e. The number of nitrogens with zero attached hydrogens (tertiary/aromatic N) is 3. The minimum absolute atomic E-state index is 0.0486. The molecule has 10 heteroatoms. The molecule has 5 atom stereocenters. The monoisotopic (exact) mass is 359 g/mol. The van der Waals surface area contributed by atoms with Crippen molar-refractivity contribution in [3.63, 3.8) is 0 Å². The topological polar surface area (TPSA) is 54.5 Å². The summed E-state index contributed by atoms with van der Waals surface area (Å²) in [6.45, 7) is 5.41. The zero-order valence-electron chi connectivity index (χ0n) is 16.0. The second-order valence-corrected chi connectivity index (χ2v) is 9.88. The van der Waals surface area contributed by atoms with E-state index < -0.39 is 7.67 Å². The van der Waals surface area contributed by atoms with E-state index in [9.17, 15) is 4.57 Å². The Balaban J connectivity index is 2.03. The first kappa shape index (κ1) is 20.4. The quantitative estimate of drug-likeness (QED) is 0.447. The first-order chi connectivity index (χ1) is 11.2. The van der Waals surface area contributed by atoms with Crippen LogP contribution in [0.4, 0.5) is 0 Å². The highest BCUT2D eigenvalue weighted by Gasteiger charge is 2.40. The molecule has 0 amide bonds. The van der Waals surface area contributed by atoms with Gasteiger partial charge in [-0.3, -0.25) is 4.57 Å². The molecule has 0 saturated carbocycles. The van der Waals surface area contributed by atoms with Gasteiger partial charge in [-0.05, 0) is 27.6 Å². The molecule has 2 aliphatic heterocycles. The Morgan fingerprint density at radius 1 is 1.12 bits per heavy atom. The zero-order valence-corrected chi connectivity index (χ0v) is 16.9. The first-order valence-corrected chi connectivity index (χ1v) is 10.4. The number of morpholine rings is 2. The number of likely N-dealkylation sites (N-methyl/N-ethyl adjacent to an activating group) is 1. The summed E-state index contributed by atoms with van der Waals surface area (Å²) in [5.74, 6) is 0. The molecule has 0 aromatic heterocycles. The molecule has 0 bridgehead atoms. The fraction of sp³-hybridized carbons (Fsp3) is 1.00. The maximum atomic E-state index is 13.6. The van der Waals surface area contributed by atoms with Crippen LogP contribution in [-0.4, -0.2) is 108 Å². The Morgan fingerprint density at radius 3 is 2.33 bits per heavy atom. The van der Waals surface area contributed by atoms with Crippen LogP contribution in [0.1, 0.15) is 13.3 Å². The van der Waals surface area contributed by atoms with Crippen molar-refractivity contribution in [3.05, 3.63) is 0 Å². The van der Waals surface area contributed by atoms with Gasteiger partial charge in [-0.15, -0.1) is 0 Å². The van der Waals surface area contributed by atoms with E-state index in [0.29, 0.717) is 19.7 Å². The van der Waals surface area contributed by atoms with Crippen LogP contribution in [0.15, 0.2) is 0 Å². The predicted molar refractivity (Wildman–Crippen MR) is 101 cm³/mol. The fourth-order valence-electron chi connectivity index (χ4n) is 3.45. The van der Waals surface area contributed by atoms with Gasteiger partial charge in [-0.25, -0.2) is 9.34 Å². The van der Waals surface area contributed by atoms with Crippen molar-refractivity contribution in [2.75, 3.05) is 53.9 Å². The highest BCUT2D eigenvalue weighted by Crippen LogP contribution is 2.53. The standard InChI is InChI=1S/C14H32B2N3O4P/c1-5-11-7-19(9-14(16)22-11)24(20,17(2)3)21-10-12-6-18(4)8-13(15)23-12/h11-14H,5-10,15-16H2,1-4H3. The summed E-state index contributed by atoms with van der Waals surface area (Å²) >= 11 is 0. The molecule has 2 heterocycles. The molecule has 0 radical (unpaired) electrons. The van der Waals surface area contributed by atoms with Gasteiger partial charge < -0.3 is 18.9 Å². The molecule has 0 aliphatic carbocycles. The van der Waals surface area contributed by atoms with E-state index >= 15 is 0 Å². The molecule has 24 heavy (non-hydrogen) atoms. The molecule has 5 unspecified atom stereocenters. The molecule has 2 aliphatic rings. The van der Waals surface area contributed by atoms with Gasteiger partial charge >= 0.3 is 7.67 Å². The molecule has 0 aromatic carbocycles. The molecule has 2 fully saturated rings. The Morgan fingerprint density at radius 2 is 1.75 bits per heavy atom. The van der Waals surface area contributed by atoms with Crippen LogP contribution in [0.5, 0.6) is 0 Å². The lowest BCUT2D eigenvalue weighted by atomic mass is 9.98. The van der Waals surface area contributed by atoms with E-state index in [2.05, 4.69) is 26.7 Å². The fourth-order valence-corrected chi connectivity index (χ4v) is 5.54. The molecule has 0 spiro atoms. The van der Waals surface area contributed by atoms with Crippen molar-refractivity contribution < 1.29 is 18.6 Å². The van der Waals surface area contributed by atoms with Crippen molar-refractivity contribution in [3.8, 4) is 0 Å². The lowest BCUT2D eigenvalue weighted by Gasteiger charge is -2.43. The van der Waals surface area contributed by atoms with E-state index in [0.717, 1.165) is 19.5 Å². The van der Waals surface area contributed by atoms with Gasteiger partial charge in [-0.1, -0.05) is 6.92 Å². The highest BCUT2D eigenvalue weighted by molar-refractivity contribution is 7.53. The average Bonchev–Trinajstić information content (AvgIpc) is 2.50. The highest BCUT2D eigenvalue weighted by atomic mass is 31.2. The summed E-state index contributed by atoms with van der Waals surface area (Å²) in [4.78, 5) is 2.23. The van der Waals surface area contributed by atoms with Crippen LogP contribution in [0.3, 0.4) is 0 Å². The Hall–Kier alpha value is 0.120. The van der Waals surface area contributed by atoms with Crippen molar-refractivity contribution >= 4 is 23.4 Å². The summed E-state index contributed by atoms with van der Waals surface area (Å²) in [6.07, 6.45) is 0.956. The lowest BCUT2D eigenvalue weighted by Crippen LogP contribution is -2.49. The van der Waals surface area contributed by atoms with Crippen LogP contribution in [0.25, 0.3) is 0 Å². The number of hydrogen-bond donors (Lipinski definition) is 0. The SMILES string of the molecule is BC1CN(C)CC(COP(=O)(N(C)C)N2CC(B)OC(CC)C2)O1. The Labute approximate surface area is 148 Å². The van der Waals surface area contributed by atoms with Crippen molar-refractivity contribution in [1.82, 2.24) is 14.2 Å². The first-order valence-electron chi connectivity index (χ1n) is 8.91. The summed E-state index contributed by atoms with van der Waals surface area (Å²) < 4.78 is 35.1. The van der Waals surface area contributed by atoms with Gasteiger partial charge in [0.25, 0.3) is 0 Å². The normalized spacial score (nSPS) is 35.9. The lowest BCUT2D eigenvalue weighted by molar-refractivity contribution is -0.0652. The van der Waals surface area contributed by atoms with Crippen LogP contribution >= 0.6 is 7.67 Å². The molecule has 7 nitrogen and oxygen atoms in total. The maximum absolute atomic E-state index is 13.6. The third-order valence-electron chi connectivity index (χ3n) is 4.56. The molecular weight excluding hydrogens is 327 g/mol. The van der Waals surface area contributed by atoms with E-state index in [4.69, 9.17) is 14.0 Å². The Kier molecular flexibility index (Phi) is 7.38. The van der Waals surface area contributed by atoms with E-state index in [-0.39, 0.29) is 24.2 Å². The molecule has 2 saturated heterocycles. The van der Waals surface area contributed by atoms with Crippen molar-refractivity contribution in [1.29, 1.82) is 0 Å². The second kappa shape index (κ2) is 8.67. The van der Waals surface area contributed by atoms with Gasteiger partial charge in [0.05, 0.1) is 18.8 Å². The summed E-state index contributed by atoms with van der Waals surface area (Å²) in [6, 6.07) is 0.224. The summed E-state index contributed by atoms with van der Waals surface area (Å²) in [5.41, 5.74) is 0. The second-order valence-electron chi connectivity index (χ2n) is 7.27. The van der Waals surface area contributed by atoms with Crippen LogP contribution in [0, 0.1) is 0 Å². The largest absolute Gasteiger partial charge is 0.381 e. The van der Waals surface area contributed by atoms with Crippen LogP contribution in [0.2, 0.25) is 0 Å². The maximum Gasteiger partial charge on any atom is 0.345 e. The third kappa shape index (κ3) is 5.07. The number of ether oxygens (including phenoxy) is 2. The minimum Gasteiger partial charge on any atom is -0.381 e. The minimum atomic E-state index is -3.07. The van der Waals surface area contributed by atoms with Gasteiger partial charge in [0, 0.05) is 38.2 Å². The molecule has 2 rings (SSSR count). The summed E-state index contributed by atoms with van der Waals surface area (Å²) in [5, 5.41) is 0. The van der Waals surface area contributed by atoms with Crippen molar-refractivity contribution in [2.45, 2.75) is 37.6 Å². The van der Waals surface area contributed by atoms with Crippen molar-refractivity contribution in [2.24, 2.45) is 0 Å². The zero-order chi connectivity index (χ0) is 17.9. The van der Waals surface area contributed by atoms with E-state index in [1.807, 2.05) is 26.6 Å². The Bertz CT molecular complexity index is 450. The van der Waals surface area contributed by atoms with E-state index in [1.54, 1.807) is 4.67 Å². The predicted octanol–water partition coefficient (Wildman–Crippen LogP) is -0.967. The molecule has 138 valence electrons. The molecule has 0 aromatic rings. The van der Waals surface area contributed by atoms with E-state index in [1.165, 1.54) is 0 Å². The van der Waals surface area contributed by atoms with Crippen LogP contribution < -0.4 is 0 Å². The molecule has 0 N–H and O–H groups in total. The van der Waals surface area contributed by atoms with Gasteiger partial charge in [-0.2, -0.15) is 0 Å². The van der Waals surface area contributed by atoms with Crippen LogP contribution in [-0.2, 0) is 18.6 Å². The third-order valence-corrected chi connectivity index (χ3v) is 7.10. The average molecular weight is 359 g/mol. The number of rotatable bonds is 6.